The van der Waals surface area contributed by atoms with Crippen molar-refractivity contribution in [3.63, 3.8) is 0 Å². The van der Waals surface area contributed by atoms with Gasteiger partial charge >= 0.3 is 0 Å². The van der Waals surface area contributed by atoms with E-state index in [2.05, 4.69) is 32.2 Å². The van der Waals surface area contributed by atoms with E-state index in [1.807, 2.05) is 29.2 Å². The van der Waals surface area contributed by atoms with Crippen LogP contribution in [0.15, 0.2) is 53.2 Å². The first-order valence-electron chi connectivity index (χ1n) is 11.7. The summed E-state index contributed by atoms with van der Waals surface area (Å²) < 4.78 is 0. The molecular weight excluding hydrogens is 485 g/mol. The number of thiocarbonyl (C=S) groups is 1. The molecule has 0 aromatic heterocycles. The summed E-state index contributed by atoms with van der Waals surface area (Å²) in [5.41, 5.74) is 2.30. The first-order valence-corrected chi connectivity index (χ1v) is 12.9. The Labute approximate surface area is 217 Å². The third-order valence-electron chi connectivity index (χ3n) is 6.23. The van der Waals surface area contributed by atoms with E-state index in [0.717, 1.165) is 54.9 Å². The monoisotopic (exact) mass is 515 g/mol. The number of nitrogens with zero attached hydrogens (tertiary/aromatic N) is 2. The maximum Gasteiger partial charge on any atom is 0.179 e. The number of phenols is 1. The molecule has 0 amide bonds. The number of benzene rings is 2. The Balaban J connectivity index is 1.88. The van der Waals surface area contributed by atoms with E-state index in [0.29, 0.717) is 15.2 Å². The second kappa shape index (κ2) is 9.88. The van der Waals surface area contributed by atoms with Crippen molar-refractivity contribution < 1.29 is 5.11 Å². The van der Waals surface area contributed by atoms with Crippen molar-refractivity contribution in [2.24, 2.45) is 10.4 Å². The summed E-state index contributed by atoms with van der Waals surface area (Å²) >= 11 is 18.5. The summed E-state index contributed by atoms with van der Waals surface area (Å²) in [6.45, 7) is 6.60. The molecule has 1 aliphatic heterocycles. The Bertz CT molecular complexity index is 1150. The van der Waals surface area contributed by atoms with Gasteiger partial charge in [0, 0.05) is 21.8 Å². The van der Waals surface area contributed by atoms with Gasteiger partial charge in [0.05, 0.1) is 11.2 Å². The highest BCUT2D eigenvalue weighted by molar-refractivity contribution is 7.80. The van der Waals surface area contributed by atoms with Gasteiger partial charge in [-0.1, -0.05) is 75.4 Å². The van der Waals surface area contributed by atoms with Gasteiger partial charge in [-0.2, -0.15) is 0 Å². The highest BCUT2D eigenvalue weighted by atomic mass is 35.5. The Morgan fingerprint density at radius 2 is 1.88 bits per heavy atom. The van der Waals surface area contributed by atoms with Gasteiger partial charge in [0.2, 0.25) is 0 Å². The molecule has 34 heavy (non-hydrogen) atoms. The minimum atomic E-state index is -0.318. The number of rotatable bonds is 4. The van der Waals surface area contributed by atoms with Gasteiger partial charge in [-0.05, 0) is 72.8 Å². The summed E-state index contributed by atoms with van der Waals surface area (Å²) in [4.78, 5) is 7.30. The van der Waals surface area contributed by atoms with Crippen molar-refractivity contribution in [3.05, 3.63) is 63.8 Å². The Morgan fingerprint density at radius 1 is 1.15 bits per heavy atom. The quantitative estimate of drug-likeness (QED) is 0.405. The van der Waals surface area contributed by atoms with Crippen LogP contribution in [-0.4, -0.2) is 21.6 Å². The SMILES string of the molecule is CC(C)(C)CC(=Cc1ccc(Cl)cc1Cl)N=C1N(c2cccc(O)c2)C(=S)NC12CCCCC2. The van der Waals surface area contributed by atoms with E-state index in [4.69, 9.17) is 40.4 Å². The molecular formula is C27H31Cl2N3OS. The van der Waals surface area contributed by atoms with Gasteiger partial charge in [0.25, 0.3) is 0 Å². The minimum Gasteiger partial charge on any atom is -0.508 e. The van der Waals surface area contributed by atoms with Gasteiger partial charge in [0.1, 0.15) is 11.6 Å². The zero-order chi connectivity index (χ0) is 24.5. The van der Waals surface area contributed by atoms with Crippen LogP contribution in [0.2, 0.25) is 10.0 Å². The highest BCUT2D eigenvalue weighted by Gasteiger charge is 2.48. The summed E-state index contributed by atoms with van der Waals surface area (Å²) in [6.07, 6.45) is 8.17. The standard InChI is InChI=1S/C27H31Cl2N3OS/c1-26(2,3)17-20(14-18-10-11-19(28)15-23(18)29)30-24-27(12-5-4-6-13-27)31-25(34)32(24)21-8-7-9-22(33)16-21/h7-11,14-16,33H,4-6,12-13,17H2,1-3H3,(H,31,34). The number of phenolic OH excluding ortho intramolecular Hbond substituents is 1. The van der Waals surface area contributed by atoms with Crippen molar-refractivity contribution in [3.8, 4) is 5.75 Å². The summed E-state index contributed by atoms with van der Waals surface area (Å²) in [7, 11) is 0. The van der Waals surface area contributed by atoms with E-state index in [1.54, 1.807) is 18.2 Å². The van der Waals surface area contributed by atoms with Gasteiger partial charge < -0.3 is 10.4 Å². The molecule has 4 nitrogen and oxygen atoms in total. The lowest BCUT2D eigenvalue weighted by Gasteiger charge is -2.34. The molecule has 4 rings (SSSR count). The average molecular weight is 517 g/mol. The number of amidine groups is 1. The number of nitrogens with one attached hydrogen (secondary N) is 1. The van der Waals surface area contributed by atoms with E-state index in [9.17, 15) is 5.11 Å². The Kier molecular flexibility index (Phi) is 7.28. The smallest absolute Gasteiger partial charge is 0.179 e. The Hall–Kier alpha value is -2.08. The molecule has 2 N–H and O–H groups in total. The van der Waals surface area contributed by atoms with Crippen LogP contribution >= 0.6 is 35.4 Å². The molecule has 7 heteroatoms. The predicted molar refractivity (Wildman–Crippen MR) is 148 cm³/mol. The fraction of sp³-hybridized carbons (Fsp3) is 0.407. The fourth-order valence-electron chi connectivity index (χ4n) is 4.76. The van der Waals surface area contributed by atoms with Crippen LogP contribution in [0.4, 0.5) is 5.69 Å². The number of aliphatic imine (C=N–C) groups is 1. The van der Waals surface area contributed by atoms with Crippen molar-refractivity contribution >= 4 is 58.1 Å². The molecule has 1 saturated carbocycles. The second-order valence-corrected chi connectivity index (χ2v) is 11.6. The molecule has 0 unspecified atom stereocenters. The molecule has 1 aliphatic carbocycles. The van der Waals surface area contributed by atoms with E-state index in [-0.39, 0.29) is 16.7 Å². The molecule has 0 radical (unpaired) electrons. The van der Waals surface area contributed by atoms with Crippen LogP contribution in [0.5, 0.6) is 5.75 Å². The van der Waals surface area contributed by atoms with Crippen LogP contribution in [0, 0.1) is 5.41 Å². The molecule has 180 valence electrons. The van der Waals surface area contributed by atoms with Crippen molar-refractivity contribution in [2.45, 2.75) is 64.8 Å². The van der Waals surface area contributed by atoms with E-state index < -0.39 is 0 Å². The van der Waals surface area contributed by atoms with Gasteiger partial charge in [-0.3, -0.25) is 4.90 Å². The average Bonchev–Trinajstić information content (AvgIpc) is 2.99. The summed E-state index contributed by atoms with van der Waals surface area (Å²) in [5, 5.41) is 15.6. The summed E-state index contributed by atoms with van der Waals surface area (Å²) in [6, 6.07) is 12.7. The molecule has 1 heterocycles. The Morgan fingerprint density at radius 3 is 2.53 bits per heavy atom. The molecule has 2 aromatic rings. The van der Waals surface area contributed by atoms with E-state index in [1.165, 1.54) is 6.42 Å². The van der Waals surface area contributed by atoms with Gasteiger partial charge in [0.15, 0.2) is 5.11 Å². The van der Waals surface area contributed by atoms with Crippen LogP contribution in [0.1, 0.15) is 64.9 Å². The third kappa shape index (κ3) is 5.59. The number of halogens is 2. The molecule has 2 aliphatic rings. The topological polar surface area (TPSA) is 47.9 Å². The summed E-state index contributed by atoms with van der Waals surface area (Å²) in [5.74, 6) is 1.09. The van der Waals surface area contributed by atoms with Crippen LogP contribution in [-0.2, 0) is 0 Å². The minimum absolute atomic E-state index is 0.0108. The lowest BCUT2D eigenvalue weighted by atomic mass is 9.81. The fourth-order valence-corrected chi connectivity index (χ4v) is 5.61. The van der Waals surface area contributed by atoms with Crippen LogP contribution < -0.4 is 10.2 Å². The number of aromatic hydroxyl groups is 1. The molecule has 2 aromatic carbocycles. The highest BCUT2D eigenvalue weighted by Crippen LogP contribution is 2.39. The predicted octanol–water partition coefficient (Wildman–Crippen LogP) is 7.97. The zero-order valence-electron chi connectivity index (χ0n) is 19.9. The van der Waals surface area contributed by atoms with Crippen molar-refractivity contribution in [1.82, 2.24) is 5.32 Å². The lowest BCUT2D eigenvalue weighted by Crippen LogP contribution is -2.48. The number of hydrogen-bond acceptors (Lipinski definition) is 3. The molecule has 1 spiro atoms. The molecule has 0 bridgehead atoms. The van der Waals surface area contributed by atoms with Gasteiger partial charge in [-0.25, -0.2) is 4.99 Å². The second-order valence-electron chi connectivity index (χ2n) is 10.4. The first-order chi connectivity index (χ1) is 16.1. The molecule has 2 fully saturated rings. The zero-order valence-corrected chi connectivity index (χ0v) is 22.2. The number of anilines is 1. The van der Waals surface area contributed by atoms with Gasteiger partial charge in [-0.15, -0.1) is 0 Å². The number of hydrogen-bond donors (Lipinski definition) is 2. The maximum atomic E-state index is 10.2. The van der Waals surface area contributed by atoms with Crippen molar-refractivity contribution in [2.75, 3.05) is 4.90 Å². The number of allylic oxidation sites excluding steroid dienone is 1. The van der Waals surface area contributed by atoms with Crippen LogP contribution in [0.25, 0.3) is 6.08 Å². The van der Waals surface area contributed by atoms with Crippen molar-refractivity contribution in [1.29, 1.82) is 0 Å². The van der Waals surface area contributed by atoms with E-state index >= 15 is 0 Å². The normalized spacial score (nSPS) is 19.7. The molecule has 0 atom stereocenters. The largest absolute Gasteiger partial charge is 0.508 e. The lowest BCUT2D eigenvalue weighted by molar-refractivity contribution is 0.358. The first kappa shape index (κ1) is 25.0. The van der Waals surface area contributed by atoms with Crippen LogP contribution in [0.3, 0.4) is 0 Å². The molecule has 1 saturated heterocycles. The third-order valence-corrected chi connectivity index (χ3v) is 7.08. The maximum absolute atomic E-state index is 10.2.